The Bertz CT molecular complexity index is 1410. The first-order valence-electron chi connectivity index (χ1n) is 10.3. The van der Waals surface area contributed by atoms with Crippen LogP contribution in [-0.4, -0.2) is 31.3 Å². The second-order valence-electron chi connectivity index (χ2n) is 7.44. The fourth-order valence-corrected chi connectivity index (χ4v) is 4.27. The van der Waals surface area contributed by atoms with Crippen molar-refractivity contribution in [2.75, 3.05) is 6.26 Å². The maximum Gasteiger partial charge on any atom is 0.375 e. The molecule has 9 nitrogen and oxygen atoms in total. The third-order valence-corrected chi connectivity index (χ3v) is 5.92. The molecule has 0 aliphatic heterocycles. The van der Waals surface area contributed by atoms with E-state index < -0.39 is 17.2 Å². The van der Waals surface area contributed by atoms with Crippen LogP contribution in [-0.2, 0) is 30.7 Å². The van der Waals surface area contributed by atoms with Gasteiger partial charge in [0.1, 0.15) is 18.0 Å². The average Bonchev–Trinajstić information content (AvgIpc) is 3.30. The summed E-state index contributed by atoms with van der Waals surface area (Å²) in [5.41, 5.74) is 0.934. The van der Waals surface area contributed by atoms with E-state index in [-0.39, 0.29) is 23.5 Å². The number of para-hydroxylation sites is 1. The van der Waals surface area contributed by atoms with E-state index >= 15 is 0 Å². The number of esters is 1. The number of H-pyrrole nitrogens is 1. The van der Waals surface area contributed by atoms with Crippen molar-refractivity contribution in [3.63, 3.8) is 0 Å². The van der Waals surface area contributed by atoms with Crippen LogP contribution in [0.4, 0.5) is 0 Å². The van der Waals surface area contributed by atoms with E-state index in [4.69, 9.17) is 9.15 Å². The second kappa shape index (κ2) is 9.07. The number of unbranched alkanes of at least 4 members (excludes halogenated alkanes) is 1. The number of hydrogen-bond acceptors (Lipinski definition) is 7. The van der Waals surface area contributed by atoms with Crippen LogP contribution in [0.25, 0.3) is 22.1 Å². The average molecular weight is 457 g/mol. The minimum absolute atomic E-state index is 0.164. The first kappa shape index (κ1) is 21.9. The van der Waals surface area contributed by atoms with Crippen LogP contribution in [0.5, 0.6) is 0 Å². The summed E-state index contributed by atoms with van der Waals surface area (Å²) in [5.74, 6) is 0.524. The second-order valence-corrected chi connectivity index (χ2v) is 8.30. The van der Waals surface area contributed by atoms with Crippen LogP contribution >= 0.6 is 11.8 Å². The molecule has 0 radical (unpaired) electrons. The first-order chi connectivity index (χ1) is 15.5. The van der Waals surface area contributed by atoms with Crippen molar-refractivity contribution in [3.05, 3.63) is 62.3 Å². The van der Waals surface area contributed by atoms with E-state index in [9.17, 15) is 14.4 Å². The summed E-state index contributed by atoms with van der Waals surface area (Å²) in [7, 11) is 1.66. The van der Waals surface area contributed by atoms with Gasteiger partial charge in [-0.1, -0.05) is 31.5 Å². The molecular weight excluding hydrogens is 432 g/mol. The van der Waals surface area contributed by atoms with Gasteiger partial charge in [0, 0.05) is 30.3 Å². The van der Waals surface area contributed by atoms with Crippen LogP contribution in [0.3, 0.4) is 0 Å². The van der Waals surface area contributed by atoms with Crippen molar-refractivity contribution in [2.24, 2.45) is 7.05 Å². The number of nitrogens with one attached hydrogen (secondary N) is 1. The quantitative estimate of drug-likeness (QED) is 0.405. The molecule has 0 atom stereocenters. The highest BCUT2D eigenvalue weighted by molar-refractivity contribution is 7.97. The standard InChI is InChI=1S/C22H24N4O5S/c1-4-5-10-26-19-17(20(27)24-22(26)29)25(2)16(23-19)11-30-21(28)18-14(12-32-3)13-8-6-7-9-15(13)31-18/h6-9H,4-5,10-12H2,1-3H3,(H,24,27,29). The third-order valence-electron chi connectivity index (χ3n) is 5.35. The molecule has 0 aliphatic carbocycles. The molecule has 3 aromatic heterocycles. The van der Waals surface area contributed by atoms with Gasteiger partial charge in [0.2, 0.25) is 5.76 Å². The van der Waals surface area contributed by atoms with Crippen molar-refractivity contribution < 1.29 is 13.9 Å². The number of nitrogens with zero attached hydrogens (tertiary/aromatic N) is 3. The number of thioether (sulfide) groups is 1. The van der Waals surface area contributed by atoms with Gasteiger partial charge >= 0.3 is 11.7 Å². The predicted molar refractivity (Wildman–Crippen MR) is 123 cm³/mol. The molecule has 1 aromatic carbocycles. The summed E-state index contributed by atoms with van der Waals surface area (Å²) >= 11 is 1.58. The van der Waals surface area contributed by atoms with Gasteiger partial charge in [-0.3, -0.25) is 14.3 Å². The highest BCUT2D eigenvalue weighted by Gasteiger charge is 2.23. The lowest BCUT2D eigenvalue weighted by atomic mass is 10.1. The summed E-state index contributed by atoms with van der Waals surface area (Å²) in [6.45, 7) is 2.29. The van der Waals surface area contributed by atoms with Gasteiger partial charge in [-0.25, -0.2) is 14.6 Å². The molecule has 0 saturated carbocycles. The number of carbonyl (C=O) groups excluding carboxylic acids is 1. The fraction of sp³-hybridized carbons (Fsp3) is 0.364. The van der Waals surface area contributed by atoms with Gasteiger partial charge in [0.15, 0.2) is 11.2 Å². The summed E-state index contributed by atoms with van der Waals surface area (Å²) in [6, 6.07) is 7.46. The van der Waals surface area contributed by atoms with E-state index in [2.05, 4.69) is 9.97 Å². The Morgan fingerprint density at radius 1 is 1.28 bits per heavy atom. The summed E-state index contributed by atoms with van der Waals surface area (Å²) in [6.07, 6.45) is 3.61. The van der Waals surface area contributed by atoms with Crippen molar-refractivity contribution >= 4 is 39.9 Å². The van der Waals surface area contributed by atoms with Crippen LogP contribution in [0.2, 0.25) is 0 Å². The topological polar surface area (TPSA) is 112 Å². The van der Waals surface area contributed by atoms with Crippen molar-refractivity contribution in [1.82, 2.24) is 19.1 Å². The third kappa shape index (κ3) is 3.86. The Morgan fingerprint density at radius 3 is 2.81 bits per heavy atom. The van der Waals surface area contributed by atoms with Gasteiger partial charge in [0.05, 0.1) is 0 Å². The molecule has 4 aromatic rings. The highest BCUT2D eigenvalue weighted by atomic mass is 32.2. The van der Waals surface area contributed by atoms with E-state index in [0.29, 0.717) is 23.7 Å². The Hall–Kier alpha value is -3.27. The lowest BCUT2D eigenvalue weighted by molar-refractivity contribution is 0.0424. The first-order valence-corrected chi connectivity index (χ1v) is 11.7. The van der Waals surface area contributed by atoms with E-state index in [0.717, 1.165) is 23.8 Å². The summed E-state index contributed by atoms with van der Waals surface area (Å²) < 4.78 is 14.3. The number of rotatable bonds is 8. The maximum absolute atomic E-state index is 12.9. The van der Waals surface area contributed by atoms with Crippen LogP contribution in [0, 0.1) is 0 Å². The zero-order chi connectivity index (χ0) is 22.8. The SMILES string of the molecule is CCCCn1c(=O)[nH]c(=O)c2c1nc(COC(=O)c1oc3ccccc3c1CSC)n2C. The Balaban J connectivity index is 1.66. The number of imidazole rings is 1. The van der Waals surface area contributed by atoms with Gasteiger partial charge in [-0.15, -0.1) is 0 Å². The van der Waals surface area contributed by atoms with Crippen molar-refractivity contribution in [2.45, 2.75) is 38.7 Å². The molecular formula is C22H24N4O5S. The molecule has 0 aliphatic rings. The van der Waals surface area contributed by atoms with E-state index in [1.54, 1.807) is 23.4 Å². The number of aryl methyl sites for hydroxylation is 2. The molecule has 0 unspecified atom stereocenters. The number of aromatic nitrogens is 4. The number of benzene rings is 1. The number of fused-ring (bicyclic) bond motifs is 2. The molecule has 0 fully saturated rings. The molecule has 32 heavy (non-hydrogen) atoms. The monoisotopic (exact) mass is 456 g/mol. The molecule has 1 N–H and O–H groups in total. The molecule has 0 spiro atoms. The highest BCUT2D eigenvalue weighted by Crippen LogP contribution is 2.29. The minimum Gasteiger partial charge on any atom is -0.452 e. The molecule has 168 valence electrons. The Morgan fingerprint density at radius 2 is 2.06 bits per heavy atom. The molecule has 0 saturated heterocycles. The Kier molecular flexibility index (Phi) is 6.22. The fourth-order valence-electron chi connectivity index (χ4n) is 3.69. The molecule has 3 heterocycles. The van der Waals surface area contributed by atoms with E-state index in [1.807, 2.05) is 37.4 Å². The molecule has 10 heteroatoms. The zero-order valence-electron chi connectivity index (χ0n) is 18.1. The summed E-state index contributed by atoms with van der Waals surface area (Å²) in [4.78, 5) is 44.3. The molecule has 0 bridgehead atoms. The van der Waals surface area contributed by atoms with Crippen LogP contribution in [0.1, 0.15) is 41.7 Å². The van der Waals surface area contributed by atoms with Crippen molar-refractivity contribution in [1.29, 1.82) is 0 Å². The number of carbonyl (C=O) groups is 1. The number of ether oxygens (including phenoxy) is 1. The minimum atomic E-state index is -0.602. The van der Waals surface area contributed by atoms with Gasteiger partial charge in [-0.2, -0.15) is 11.8 Å². The van der Waals surface area contributed by atoms with E-state index in [1.165, 1.54) is 4.57 Å². The number of hydrogen-bond donors (Lipinski definition) is 1. The predicted octanol–water partition coefficient (Wildman–Crippen LogP) is 3.19. The molecule has 4 rings (SSSR count). The lowest BCUT2D eigenvalue weighted by Crippen LogP contribution is -2.31. The smallest absolute Gasteiger partial charge is 0.375 e. The molecule has 0 amide bonds. The number of furan rings is 1. The van der Waals surface area contributed by atoms with Crippen LogP contribution < -0.4 is 11.2 Å². The summed E-state index contributed by atoms with van der Waals surface area (Å²) in [5, 5.41) is 0.878. The number of aromatic amines is 1. The van der Waals surface area contributed by atoms with Gasteiger partial charge in [-0.05, 0) is 18.7 Å². The zero-order valence-corrected chi connectivity index (χ0v) is 19.0. The van der Waals surface area contributed by atoms with Crippen LogP contribution in [0.15, 0.2) is 38.3 Å². The Labute approximate surface area is 187 Å². The largest absolute Gasteiger partial charge is 0.452 e. The van der Waals surface area contributed by atoms with Crippen molar-refractivity contribution in [3.8, 4) is 0 Å². The van der Waals surface area contributed by atoms with Gasteiger partial charge < -0.3 is 13.7 Å². The normalized spacial score (nSPS) is 11.5. The van der Waals surface area contributed by atoms with Gasteiger partial charge in [0.25, 0.3) is 5.56 Å². The maximum atomic E-state index is 12.9. The lowest BCUT2D eigenvalue weighted by Gasteiger charge is -2.05.